The lowest BCUT2D eigenvalue weighted by Gasteiger charge is -2.39. The van der Waals surface area contributed by atoms with E-state index in [0.29, 0.717) is 49.5 Å². The van der Waals surface area contributed by atoms with E-state index in [0.717, 1.165) is 69.1 Å². The molecule has 1 atom stereocenters. The van der Waals surface area contributed by atoms with Gasteiger partial charge < -0.3 is 20.9 Å². The van der Waals surface area contributed by atoms with Crippen molar-refractivity contribution in [2.75, 3.05) is 56.0 Å². The summed E-state index contributed by atoms with van der Waals surface area (Å²) in [6.07, 6.45) is 4.16. The van der Waals surface area contributed by atoms with Gasteiger partial charge in [-0.2, -0.15) is 13.2 Å². The summed E-state index contributed by atoms with van der Waals surface area (Å²) in [4.78, 5) is 27.4. The van der Waals surface area contributed by atoms with E-state index in [1.54, 1.807) is 4.90 Å². The molecule has 1 saturated carbocycles. The van der Waals surface area contributed by atoms with Crippen molar-refractivity contribution in [2.24, 2.45) is 21.6 Å². The Morgan fingerprint density at radius 2 is 1.98 bits per heavy atom. The van der Waals surface area contributed by atoms with Crippen molar-refractivity contribution in [3.63, 3.8) is 0 Å². The first kappa shape index (κ1) is 33.8. The Kier molecular flexibility index (Phi) is 12.1. The number of carbonyl (C=O) groups is 1. The number of amides is 1. The number of hydrogen-bond donors (Lipinski definition) is 2. The normalized spacial score (nSPS) is 20.1. The van der Waals surface area contributed by atoms with Crippen molar-refractivity contribution < 1.29 is 18.0 Å². The lowest BCUT2D eigenvalue weighted by Crippen LogP contribution is -2.50. The van der Waals surface area contributed by atoms with Crippen LogP contribution in [0.1, 0.15) is 83.6 Å². The zero-order chi connectivity index (χ0) is 31.7. The maximum absolute atomic E-state index is 14.3. The van der Waals surface area contributed by atoms with E-state index in [1.807, 2.05) is 19.1 Å². The van der Waals surface area contributed by atoms with Crippen LogP contribution in [0.3, 0.4) is 0 Å². The molecule has 244 valence electrons. The number of benzene rings is 1. The van der Waals surface area contributed by atoms with E-state index in [1.165, 1.54) is 19.4 Å². The fourth-order valence-electron chi connectivity index (χ4n) is 6.17. The number of hydrogen-bond acceptors (Lipinski definition) is 5. The van der Waals surface area contributed by atoms with Gasteiger partial charge in [0.05, 0.1) is 6.34 Å². The first-order chi connectivity index (χ1) is 21.1. The molecule has 2 heterocycles. The van der Waals surface area contributed by atoms with Gasteiger partial charge in [-0.15, -0.1) is 0 Å². The van der Waals surface area contributed by atoms with E-state index >= 15 is 0 Å². The number of nitrogens with zero attached hydrogens (tertiary/aromatic N) is 5. The average molecular weight is 618 g/mol. The molecule has 1 amide bonds. The number of halogens is 3. The molecule has 2 aliphatic heterocycles. The zero-order valence-electron chi connectivity index (χ0n) is 26.6. The number of rotatable bonds is 14. The van der Waals surface area contributed by atoms with Crippen LogP contribution in [0.15, 0.2) is 40.0 Å². The number of piperazine rings is 1. The molecule has 1 aromatic rings. The Morgan fingerprint density at radius 1 is 1.18 bits per heavy atom. The Morgan fingerprint density at radius 3 is 2.66 bits per heavy atom. The van der Waals surface area contributed by atoms with Crippen molar-refractivity contribution in [1.82, 2.24) is 9.80 Å². The summed E-state index contributed by atoms with van der Waals surface area (Å²) in [6.45, 7) is 11.5. The Bertz CT molecular complexity index is 1190. The van der Waals surface area contributed by atoms with Crippen LogP contribution < -0.4 is 16.0 Å². The molecule has 1 unspecified atom stereocenters. The maximum Gasteiger partial charge on any atom is 0.421 e. The summed E-state index contributed by atoms with van der Waals surface area (Å²) in [7, 11) is 0. The third-order valence-corrected chi connectivity index (χ3v) is 8.75. The average Bonchev–Trinajstić information content (AvgIpc) is 3.73. The largest absolute Gasteiger partial charge is 0.421 e. The highest BCUT2D eigenvalue weighted by Crippen LogP contribution is 2.45. The van der Waals surface area contributed by atoms with Crippen LogP contribution in [0.25, 0.3) is 0 Å². The number of alkyl halides is 3. The van der Waals surface area contributed by atoms with E-state index in [-0.39, 0.29) is 12.5 Å². The minimum atomic E-state index is -4.69. The van der Waals surface area contributed by atoms with Crippen LogP contribution in [0.4, 0.5) is 24.5 Å². The molecule has 8 nitrogen and oxygen atoms in total. The second kappa shape index (κ2) is 15.8. The van der Waals surface area contributed by atoms with Gasteiger partial charge in [-0.3, -0.25) is 14.7 Å². The highest BCUT2D eigenvalue weighted by Gasteiger charge is 2.38. The standard InChI is InChI=1S/C33H50F3N7O/c1-4-15-42(31(44)13-8-24(2)3)17-6-14-38-32(40-23-37)29(33(34,35)36)21-39-30-12-11-26(20-28(30)25-9-10-25)43-19-18-41-16-5-7-27(41)22-43/h11-12,20-21,23-25,27,39H,4-10,13-19,22H2,1-3H3,(H2,37,38,40)/b29-21+. The summed E-state index contributed by atoms with van der Waals surface area (Å²) < 4.78 is 42.9. The van der Waals surface area contributed by atoms with Gasteiger partial charge in [0.1, 0.15) is 5.57 Å². The maximum atomic E-state index is 14.3. The Labute approximate surface area is 260 Å². The summed E-state index contributed by atoms with van der Waals surface area (Å²) >= 11 is 0. The van der Waals surface area contributed by atoms with E-state index in [9.17, 15) is 18.0 Å². The molecule has 3 N–H and O–H groups in total. The van der Waals surface area contributed by atoms with Gasteiger partial charge in [0.2, 0.25) is 5.91 Å². The van der Waals surface area contributed by atoms with Crippen molar-refractivity contribution in [3.05, 3.63) is 35.5 Å². The van der Waals surface area contributed by atoms with Crippen LogP contribution >= 0.6 is 0 Å². The van der Waals surface area contributed by atoms with Gasteiger partial charge in [0, 0.05) is 69.3 Å². The highest BCUT2D eigenvalue weighted by atomic mass is 19.4. The third kappa shape index (κ3) is 9.46. The molecule has 1 aromatic carbocycles. The smallest absolute Gasteiger partial charge is 0.390 e. The molecule has 44 heavy (non-hydrogen) atoms. The van der Waals surface area contributed by atoms with Gasteiger partial charge >= 0.3 is 6.18 Å². The zero-order valence-corrected chi connectivity index (χ0v) is 26.6. The lowest BCUT2D eigenvalue weighted by molar-refractivity contribution is -0.131. The van der Waals surface area contributed by atoms with E-state index in [4.69, 9.17) is 5.73 Å². The molecular formula is C33H50F3N7O. The number of amidine groups is 1. The van der Waals surface area contributed by atoms with Crippen molar-refractivity contribution in [3.8, 4) is 0 Å². The molecule has 0 aromatic heterocycles. The lowest BCUT2D eigenvalue weighted by atomic mass is 10.0. The fourth-order valence-corrected chi connectivity index (χ4v) is 6.17. The van der Waals surface area contributed by atoms with E-state index in [2.05, 4.69) is 45.0 Å². The van der Waals surface area contributed by atoms with Crippen molar-refractivity contribution >= 4 is 29.5 Å². The summed E-state index contributed by atoms with van der Waals surface area (Å²) in [5, 5.41) is 2.95. The second-order valence-electron chi connectivity index (χ2n) is 12.7. The number of aliphatic imine (C=N–C) groups is 2. The highest BCUT2D eigenvalue weighted by molar-refractivity contribution is 6.03. The topological polar surface area (TPSA) is 89.6 Å². The van der Waals surface area contributed by atoms with Crippen LogP contribution in [-0.2, 0) is 4.79 Å². The molecule has 4 rings (SSSR count). The van der Waals surface area contributed by atoms with E-state index < -0.39 is 17.6 Å². The monoisotopic (exact) mass is 617 g/mol. The number of carbonyl (C=O) groups excluding carboxylic acids is 1. The molecule has 0 spiro atoms. The van der Waals surface area contributed by atoms with Crippen LogP contribution in [0, 0.1) is 5.92 Å². The quantitative estimate of drug-likeness (QED) is 0.148. The van der Waals surface area contributed by atoms with Gasteiger partial charge in [0.25, 0.3) is 0 Å². The second-order valence-corrected chi connectivity index (χ2v) is 12.7. The molecule has 0 radical (unpaired) electrons. The molecule has 11 heteroatoms. The number of fused-ring (bicyclic) bond motifs is 1. The Balaban J connectivity index is 1.46. The summed E-state index contributed by atoms with van der Waals surface area (Å²) in [5.74, 6) is 0.371. The first-order valence-corrected chi connectivity index (χ1v) is 16.3. The first-order valence-electron chi connectivity index (χ1n) is 16.3. The molecule has 0 bridgehead atoms. The van der Waals surface area contributed by atoms with Gasteiger partial charge in [0.15, 0.2) is 5.84 Å². The Hall–Kier alpha value is -3.08. The minimum Gasteiger partial charge on any atom is -0.390 e. The van der Waals surface area contributed by atoms with Gasteiger partial charge in [-0.25, -0.2) is 4.99 Å². The molecule has 3 aliphatic rings. The number of nitrogens with one attached hydrogen (secondary N) is 1. The summed E-state index contributed by atoms with van der Waals surface area (Å²) in [6, 6.07) is 6.65. The number of nitrogens with two attached hydrogens (primary N) is 1. The molecule has 2 saturated heterocycles. The molecule has 1 aliphatic carbocycles. The van der Waals surface area contributed by atoms with Crippen LogP contribution in [0.2, 0.25) is 0 Å². The number of anilines is 2. The predicted molar refractivity (Wildman–Crippen MR) is 174 cm³/mol. The van der Waals surface area contributed by atoms with Crippen molar-refractivity contribution in [2.45, 2.75) is 90.3 Å². The minimum absolute atomic E-state index is 0.0723. The molecular weight excluding hydrogens is 567 g/mol. The SMILES string of the molecule is CCCN(CCCN=C(N=CN)/C(=C\Nc1ccc(N2CCN3CCCC3C2)cc1C1CC1)C(F)(F)F)C(=O)CCC(C)C. The van der Waals surface area contributed by atoms with Crippen LogP contribution in [-0.4, -0.2) is 85.9 Å². The molecule has 3 fully saturated rings. The third-order valence-electron chi connectivity index (χ3n) is 8.75. The van der Waals surface area contributed by atoms with Gasteiger partial charge in [-0.05, 0) is 87.1 Å². The predicted octanol–water partition coefficient (Wildman–Crippen LogP) is 6.16. The van der Waals surface area contributed by atoms with Crippen molar-refractivity contribution in [1.29, 1.82) is 0 Å². The van der Waals surface area contributed by atoms with Crippen LogP contribution in [0.5, 0.6) is 0 Å². The fraction of sp³-hybridized carbons (Fsp3) is 0.667. The summed E-state index contributed by atoms with van der Waals surface area (Å²) in [5.41, 5.74) is 7.32. The van der Waals surface area contributed by atoms with Gasteiger partial charge in [-0.1, -0.05) is 20.8 Å².